The van der Waals surface area contributed by atoms with Crippen LogP contribution in [0.2, 0.25) is 0 Å². The minimum absolute atomic E-state index is 0.113. The summed E-state index contributed by atoms with van der Waals surface area (Å²) in [4.78, 5) is 12.6. The molecule has 4 aliphatic rings. The van der Waals surface area contributed by atoms with E-state index in [4.69, 9.17) is 12.2 Å². The van der Waals surface area contributed by atoms with Crippen molar-refractivity contribution in [3.05, 3.63) is 34.9 Å². The Morgan fingerprint density at radius 3 is 2.23 bits per heavy atom. The number of amides is 1. The van der Waals surface area contributed by atoms with Gasteiger partial charge in [-0.3, -0.25) is 10.1 Å². The third-order valence-corrected chi connectivity index (χ3v) is 7.43. The molecule has 1 amide bonds. The van der Waals surface area contributed by atoms with E-state index < -0.39 is 0 Å². The number of benzene rings is 1. The van der Waals surface area contributed by atoms with E-state index >= 15 is 0 Å². The molecule has 5 rings (SSSR count). The van der Waals surface area contributed by atoms with Crippen molar-refractivity contribution < 1.29 is 4.79 Å². The predicted octanol–water partition coefficient (Wildman–Crippen LogP) is 4.51. The molecule has 4 fully saturated rings. The number of hydrogen-bond donors (Lipinski definition) is 2. The lowest BCUT2D eigenvalue weighted by Crippen LogP contribution is -2.57. The quantitative estimate of drug-likeness (QED) is 0.769. The van der Waals surface area contributed by atoms with Gasteiger partial charge >= 0.3 is 0 Å². The SMILES string of the molecule is Cc1ccc(C(=O)NC(=S)NC(C)C23CC4CC(CC(C4)C2)C3)c(C)c1. The van der Waals surface area contributed by atoms with Crippen LogP contribution in [0.5, 0.6) is 0 Å². The number of thiocarbonyl (C=S) groups is 1. The standard InChI is InChI=1S/C22H30N2OS/c1-13-4-5-19(14(2)6-13)20(25)24-21(26)23-15(3)22-10-16-7-17(11-22)9-18(8-16)12-22/h4-6,15-18H,7-12H2,1-3H3,(H2,23,24,25,26). The monoisotopic (exact) mass is 370 g/mol. The molecule has 3 nitrogen and oxygen atoms in total. The second-order valence-electron chi connectivity index (χ2n) is 9.25. The van der Waals surface area contributed by atoms with Crippen molar-refractivity contribution in [1.29, 1.82) is 0 Å². The van der Waals surface area contributed by atoms with Gasteiger partial charge in [0, 0.05) is 11.6 Å². The molecule has 4 heteroatoms. The van der Waals surface area contributed by atoms with E-state index in [-0.39, 0.29) is 5.91 Å². The van der Waals surface area contributed by atoms with Crippen LogP contribution in [0.4, 0.5) is 0 Å². The molecule has 4 saturated carbocycles. The van der Waals surface area contributed by atoms with Crippen LogP contribution in [-0.2, 0) is 0 Å². The fourth-order valence-electron chi connectivity index (χ4n) is 6.33. The first-order valence-electron chi connectivity index (χ1n) is 10.0. The van der Waals surface area contributed by atoms with Crippen LogP contribution < -0.4 is 10.6 Å². The zero-order valence-corrected chi connectivity index (χ0v) is 16.9. The van der Waals surface area contributed by atoms with E-state index in [2.05, 4.69) is 17.6 Å². The predicted molar refractivity (Wildman–Crippen MR) is 109 cm³/mol. The Morgan fingerprint density at radius 1 is 1.12 bits per heavy atom. The molecular weight excluding hydrogens is 340 g/mol. The van der Waals surface area contributed by atoms with Gasteiger partial charge in [-0.05, 0) is 106 Å². The van der Waals surface area contributed by atoms with Crippen LogP contribution in [0, 0.1) is 37.0 Å². The van der Waals surface area contributed by atoms with Crippen molar-refractivity contribution in [2.24, 2.45) is 23.2 Å². The highest BCUT2D eigenvalue weighted by molar-refractivity contribution is 7.80. The smallest absolute Gasteiger partial charge is 0.257 e. The maximum atomic E-state index is 12.6. The van der Waals surface area contributed by atoms with Gasteiger partial charge in [0.15, 0.2) is 5.11 Å². The number of hydrogen-bond acceptors (Lipinski definition) is 2. The van der Waals surface area contributed by atoms with Gasteiger partial charge in [-0.1, -0.05) is 17.7 Å². The molecule has 26 heavy (non-hydrogen) atoms. The molecule has 0 aliphatic heterocycles. The summed E-state index contributed by atoms with van der Waals surface area (Å²) in [5, 5.41) is 6.84. The molecule has 0 aromatic heterocycles. The first-order chi connectivity index (χ1) is 12.3. The van der Waals surface area contributed by atoms with Crippen LogP contribution in [0.15, 0.2) is 18.2 Å². The zero-order chi connectivity index (χ0) is 18.5. The van der Waals surface area contributed by atoms with Crippen molar-refractivity contribution in [3.63, 3.8) is 0 Å². The maximum Gasteiger partial charge on any atom is 0.257 e. The summed E-state index contributed by atoms with van der Waals surface area (Å²) < 4.78 is 0. The largest absolute Gasteiger partial charge is 0.359 e. The molecule has 1 unspecified atom stereocenters. The van der Waals surface area contributed by atoms with E-state index in [1.54, 1.807) is 0 Å². The van der Waals surface area contributed by atoms with E-state index in [1.807, 2.05) is 32.0 Å². The second-order valence-corrected chi connectivity index (χ2v) is 9.66. The summed E-state index contributed by atoms with van der Waals surface area (Å²) in [5.41, 5.74) is 3.22. The van der Waals surface area contributed by atoms with Crippen LogP contribution in [0.25, 0.3) is 0 Å². The van der Waals surface area contributed by atoms with Gasteiger partial charge in [0.05, 0.1) is 0 Å². The third-order valence-electron chi connectivity index (χ3n) is 7.21. The Labute approximate surface area is 162 Å². The molecular formula is C22H30N2OS. The third kappa shape index (κ3) is 3.28. The van der Waals surface area contributed by atoms with E-state index in [0.717, 1.165) is 28.9 Å². The average molecular weight is 371 g/mol. The van der Waals surface area contributed by atoms with Gasteiger partial charge in [-0.15, -0.1) is 0 Å². The van der Waals surface area contributed by atoms with Crippen LogP contribution >= 0.6 is 12.2 Å². The van der Waals surface area contributed by atoms with Crippen molar-refractivity contribution >= 4 is 23.2 Å². The summed E-state index contributed by atoms with van der Waals surface area (Å²) in [5.74, 6) is 2.65. The highest BCUT2D eigenvalue weighted by atomic mass is 32.1. The first-order valence-corrected chi connectivity index (χ1v) is 10.4. The lowest BCUT2D eigenvalue weighted by atomic mass is 9.48. The van der Waals surface area contributed by atoms with Gasteiger partial charge in [0.2, 0.25) is 0 Å². The molecule has 2 N–H and O–H groups in total. The van der Waals surface area contributed by atoms with Gasteiger partial charge < -0.3 is 5.32 Å². The number of rotatable bonds is 3. The molecule has 1 aromatic carbocycles. The highest BCUT2D eigenvalue weighted by Crippen LogP contribution is 2.61. The van der Waals surface area contributed by atoms with E-state index in [0.29, 0.717) is 22.1 Å². The van der Waals surface area contributed by atoms with Crippen LogP contribution in [0.1, 0.15) is 66.9 Å². The van der Waals surface area contributed by atoms with E-state index in [1.165, 1.54) is 38.5 Å². The second kappa shape index (κ2) is 6.63. The average Bonchev–Trinajstić information content (AvgIpc) is 2.53. The summed E-state index contributed by atoms with van der Waals surface area (Å²) >= 11 is 5.49. The fourth-order valence-corrected chi connectivity index (χ4v) is 6.60. The lowest BCUT2D eigenvalue weighted by molar-refractivity contribution is -0.0672. The van der Waals surface area contributed by atoms with E-state index in [9.17, 15) is 4.79 Å². The van der Waals surface area contributed by atoms with Crippen LogP contribution in [0.3, 0.4) is 0 Å². The molecule has 1 aromatic rings. The summed E-state index contributed by atoms with van der Waals surface area (Å²) in [6.07, 6.45) is 8.34. The summed E-state index contributed by atoms with van der Waals surface area (Å²) in [7, 11) is 0. The molecule has 1 atom stereocenters. The maximum absolute atomic E-state index is 12.6. The molecule has 0 saturated heterocycles. The topological polar surface area (TPSA) is 41.1 Å². The number of carbonyl (C=O) groups excluding carboxylic acids is 1. The molecule has 0 radical (unpaired) electrons. The Hall–Kier alpha value is -1.42. The minimum atomic E-state index is -0.113. The summed E-state index contributed by atoms with van der Waals surface area (Å²) in [6.45, 7) is 6.27. The fraction of sp³-hybridized carbons (Fsp3) is 0.636. The molecule has 0 spiro atoms. The Bertz CT molecular complexity index is 706. The Kier molecular flexibility index (Phi) is 4.58. The molecule has 4 aliphatic carbocycles. The molecule has 4 bridgehead atoms. The van der Waals surface area contributed by atoms with Gasteiger partial charge in [0.25, 0.3) is 5.91 Å². The minimum Gasteiger partial charge on any atom is -0.359 e. The zero-order valence-electron chi connectivity index (χ0n) is 16.1. The van der Waals surface area contributed by atoms with Gasteiger partial charge in [-0.25, -0.2) is 0 Å². The molecule has 140 valence electrons. The van der Waals surface area contributed by atoms with Crippen molar-refractivity contribution in [3.8, 4) is 0 Å². The normalized spacial score (nSPS) is 33.0. The van der Waals surface area contributed by atoms with Crippen LogP contribution in [-0.4, -0.2) is 17.1 Å². The Morgan fingerprint density at radius 2 is 1.69 bits per heavy atom. The number of aryl methyl sites for hydroxylation is 2. The highest BCUT2D eigenvalue weighted by Gasteiger charge is 2.53. The molecule has 0 heterocycles. The van der Waals surface area contributed by atoms with Gasteiger partial charge in [-0.2, -0.15) is 0 Å². The van der Waals surface area contributed by atoms with Gasteiger partial charge in [0.1, 0.15) is 0 Å². The number of nitrogens with one attached hydrogen (secondary N) is 2. The summed E-state index contributed by atoms with van der Waals surface area (Å²) in [6, 6.07) is 6.20. The number of carbonyl (C=O) groups is 1. The Balaban J connectivity index is 1.39. The van der Waals surface area contributed by atoms with Crippen molar-refractivity contribution in [2.45, 2.75) is 65.3 Å². The van der Waals surface area contributed by atoms with Crippen molar-refractivity contribution in [1.82, 2.24) is 10.6 Å². The first kappa shape index (κ1) is 18.0. The van der Waals surface area contributed by atoms with Crippen molar-refractivity contribution in [2.75, 3.05) is 0 Å². The lowest BCUT2D eigenvalue weighted by Gasteiger charge is -2.59.